The van der Waals surface area contributed by atoms with Crippen molar-refractivity contribution >= 4 is 29.1 Å². The van der Waals surface area contributed by atoms with Crippen molar-refractivity contribution in [2.75, 3.05) is 20.1 Å². The van der Waals surface area contributed by atoms with Gasteiger partial charge >= 0.3 is 5.97 Å². The topological polar surface area (TPSA) is 102 Å². The minimum atomic E-state index is -0.946. The van der Waals surface area contributed by atoms with E-state index < -0.39 is 5.97 Å². The van der Waals surface area contributed by atoms with E-state index >= 15 is 0 Å². The molecule has 4 rings (SSSR count). The molecule has 2 saturated heterocycles. The molecule has 2 aromatic rings. The zero-order valence-electron chi connectivity index (χ0n) is 18.7. The number of fused-ring (bicyclic) bond motifs is 1. The zero-order valence-corrected chi connectivity index (χ0v) is 19.5. The quantitative estimate of drug-likeness (QED) is 0.545. The van der Waals surface area contributed by atoms with E-state index in [1.54, 1.807) is 23.5 Å². The Balaban J connectivity index is 1.33. The van der Waals surface area contributed by atoms with Crippen LogP contribution in [-0.2, 0) is 22.7 Å². The predicted octanol–water partition coefficient (Wildman–Crippen LogP) is 1.92. The number of hydrogen-bond acceptors (Lipinski definition) is 6. The fourth-order valence-corrected chi connectivity index (χ4v) is 5.44. The van der Waals surface area contributed by atoms with Crippen LogP contribution in [0.1, 0.15) is 40.1 Å². The molecule has 176 valence electrons. The lowest BCUT2D eigenvalue weighted by atomic mass is 10.0. The molecular weight excluding hydrogens is 440 g/mol. The van der Waals surface area contributed by atoms with Crippen molar-refractivity contribution in [2.24, 2.45) is 0 Å². The summed E-state index contributed by atoms with van der Waals surface area (Å²) in [5, 5.41) is 17.1. The second-order valence-corrected chi connectivity index (χ2v) is 9.76. The highest BCUT2D eigenvalue weighted by Gasteiger charge is 2.44. The number of aromatic carboxylic acids is 1. The molecular formula is C24H30N4O4S. The van der Waals surface area contributed by atoms with Gasteiger partial charge in [-0.2, -0.15) is 0 Å². The third kappa shape index (κ3) is 5.61. The van der Waals surface area contributed by atoms with Crippen LogP contribution in [-0.4, -0.2) is 71.0 Å². The van der Waals surface area contributed by atoms with Crippen molar-refractivity contribution in [3.63, 3.8) is 0 Å². The molecule has 0 radical (unpaired) electrons. The van der Waals surface area contributed by atoms with Crippen LogP contribution in [0.25, 0.3) is 0 Å². The van der Waals surface area contributed by atoms with Crippen molar-refractivity contribution in [3.05, 3.63) is 57.8 Å². The normalized spacial score (nSPS) is 23.5. The van der Waals surface area contributed by atoms with Crippen molar-refractivity contribution in [2.45, 2.75) is 50.5 Å². The molecule has 0 spiro atoms. The van der Waals surface area contributed by atoms with E-state index in [0.29, 0.717) is 32.5 Å². The van der Waals surface area contributed by atoms with Crippen molar-refractivity contribution in [1.29, 1.82) is 0 Å². The minimum Gasteiger partial charge on any atom is -0.478 e. The lowest BCUT2D eigenvalue weighted by Crippen LogP contribution is -2.49. The van der Waals surface area contributed by atoms with Gasteiger partial charge in [0, 0.05) is 43.0 Å². The van der Waals surface area contributed by atoms with Gasteiger partial charge in [0.25, 0.3) is 0 Å². The van der Waals surface area contributed by atoms with Gasteiger partial charge in [-0.05, 0) is 49.0 Å². The monoisotopic (exact) mass is 470 g/mol. The summed E-state index contributed by atoms with van der Waals surface area (Å²) in [4.78, 5) is 42.0. The Kier molecular flexibility index (Phi) is 7.42. The van der Waals surface area contributed by atoms with Crippen LogP contribution in [0.4, 0.5) is 0 Å². The van der Waals surface area contributed by atoms with Crippen molar-refractivity contribution in [1.82, 2.24) is 20.4 Å². The number of carboxylic acids is 1. The van der Waals surface area contributed by atoms with Gasteiger partial charge in [-0.15, -0.1) is 11.3 Å². The van der Waals surface area contributed by atoms with Crippen molar-refractivity contribution in [3.8, 4) is 0 Å². The Morgan fingerprint density at radius 1 is 1.24 bits per heavy atom. The third-order valence-corrected chi connectivity index (χ3v) is 7.56. The third-order valence-electron chi connectivity index (χ3n) is 6.68. The van der Waals surface area contributed by atoms with E-state index in [2.05, 4.69) is 27.5 Å². The maximum atomic E-state index is 13.0. The Morgan fingerprint density at radius 3 is 2.73 bits per heavy atom. The van der Waals surface area contributed by atoms with Gasteiger partial charge in [0.05, 0.1) is 12.1 Å². The van der Waals surface area contributed by atoms with E-state index in [1.165, 1.54) is 0 Å². The van der Waals surface area contributed by atoms with E-state index in [0.717, 1.165) is 23.4 Å². The highest BCUT2D eigenvalue weighted by Crippen LogP contribution is 2.28. The fourth-order valence-electron chi connectivity index (χ4n) is 4.80. The van der Waals surface area contributed by atoms with Gasteiger partial charge < -0.3 is 15.7 Å². The number of benzene rings is 1. The predicted molar refractivity (Wildman–Crippen MR) is 126 cm³/mol. The van der Waals surface area contributed by atoms with Gasteiger partial charge in [0.1, 0.15) is 6.04 Å². The highest BCUT2D eigenvalue weighted by molar-refractivity contribution is 7.09. The molecule has 1 aromatic carbocycles. The van der Waals surface area contributed by atoms with Crippen LogP contribution in [0.15, 0.2) is 41.8 Å². The highest BCUT2D eigenvalue weighted by atomic mass is 32.1. The number of carbonyl (C=O) groups excluding carboxylic acids is 2. The first kappa shape index (κ1) is 23.4. The van der Waals surface area contributed by atoms with Crippen LogP contribution < -0.4 is 10.6 Å². The first-order chi connectivity index (χ1) is 15.9. The summed E-state index contributed by atoms with van der Waals surface area (Å²) in [6.07, 6.45) is 1.99. The number of amides is 2. The first-order valence-corrected chi connectivity index (χ1v) is 12.2. The molecule has 0 aliphatic carbocycles. The molecule has 9 heteroatoms. The molecule has 0 saturated carbocycles. The summed E-state index contributed by atoms with van der Waals surface area (Å²) in [7, 11) is 2.05. The lowest BCUT2D eigenvalue weighted by Gasteiger charge is -2.33. The van der Waals surface area contributed by atoms with Crippen LogP contribution in [0, 0.1) is 0 Å². The largest absolute Gasteiger partial charge is 0.478 e. The van der Waals surface area contributed by atoms with Crippen LogP contribution in [0.5, 0.6) is 0 Å². The van der Waals surface area contributed by atoms with Gasteiger partial charge in [-0.3, -0.25) is 19.4 Å². The minimum absolute atomic E-state index is 0.0242. The molecule has 1 aromatic heterocycles. The SMILES string of the molecule is CN1[C@@H](CCC(=O)NCc2cccs2)CNC(=O)[C@@H]2[C@H]1CCN2Cc1ccc(C(=O)O)cc1. The molecule has 3 atom stereocenters. The number of carbonyl (C=O) groups is 3. The van der Waals surface area contributed by atoms with Gasteiger partial charge in [-0.1, -0.05) is 18.2 Å². The van der Waals surface area contributed by atoms with Gasteiger partial charge in [-0.25, -0.2) is 4.79 Å². The fraction of sp³-hybridized carbons (Fsp3) is 0.458. The molecule has 3 heterocycles. The molecule has 3 N–H and O–H groups in total. The maximum absolute atomic E-state index is 13.0. The van der Waals surface area contributed by atoms with Crippen LogP contribution in [0.3, 0.4) is 0 Å². The smallest absolute Gasteiger partial charge is 0.335 e. The number of hydrogen-bond donors (Lipinski definition) is 3. The number of thiophene rings is 1. The van der Waals surface area contributed by atoms with E-state index in [-0.39, 0.29) is 35.5 Å². The summed E-state index contributed by atoms with van der Waals surface area (Å²) >= 11 is 1.63. The van der Waals surface area contributed by atoms with Crippen LogP contribution in [0.2, 0.25) is 0 Å². The van der Waals surface area contributed by atoms with Gasteiger partial charge in [0.2, 0.25) is 11.8 Å². The molecule has 2 aliphatic heterocycles. The number of rotatable bonds is 8. The van der Waals surface area contributed by atoms with Crippen LogP contribution >= 0.6 is 11.3 Å². The molecule has 0 unspecified atom stereocenters. The summed E-state index contributed by atoms with van der Waals surface area (Å²) in [5.74, 6) is -0.892. The van der Waals surface area contributed by atoms with Crippen molar-refractivity contribution < 1.29 is 19.5 Å². The summed E-state index contributed by atoms with van der Waals surface area (Å²) in [6, 6.07) is 10.7. The average Bonchev–Trinajstić information content (AvgIpc) is 3.45. The summed E-state index contributed by atoms with van der Waals surface area (Å²) < 4.78 is 0. The van der Waals surface area contributed by atoms with Gasteiger partial charge in [0.15, 0.2) is 0 Å². The second-order valence-electron chi connectivity index (χ2n) is 8.73. The molecule has 0 bridgehead atoms. The molecule has 2 aliphatic rings. The van der Waals surface area contributed by atoms with E-state index in [1.807, 2.05) is 29.6 Å². The molecule has 33 heavy (non-hydrogen) atoms. The number of likely N-dealkylation sites (tertiary alicyclic amines) is 1. The molecule has 8 nitrogen and oxygen atoms in total. The summed E-state index contributed by atoms with van der Waals surface area (Å²) in [5.41, 5.74) is 1.24. The Labute approximate surface area is 197 Å². The number of nitrogens with one attached hydrogen (secondary N) is 2. The second kappa shape index (κ2) is 10.5. The Hall–Kier alpha value is -2.75. The Bertz CT molecular complexity index is 979. The lowest BCUT2D eigenvalue weighted by molar-refractivity contribution is -0.126. The average molecular weight is 471 g/mol. The standard InChI is InChI=1S/C24H30N4O4S/c1-27-18(8-9-21(29)25-14-19-3-2-12-33-19)13-26-23(30)22-20(27)10-11-28(22)15-16-4-6-17(7-5-16)24(31)32/h2-7,12,18,20,22H,8-11,13-15H2,1H3,(H,25,29)(H,26,30)(H,31,32)/t18-,20+,22-/m0/s1. The zero-order chi connectivity index (χ0) is 23.4. The molecule has 2 amide bonds. The Morgan fingerprint density at radius 2 is 2.03 bits per heavy atom. The first-order valence-electron chi connectivity index (χ1n) is 11.3. The van der Waals surface area contributed by atoms with E-state index in [9.17, 15) is 14.4 Å². The summed E-state index contributed by atoms with van der Waals surface area (Å²) in [6.45, 7) is 2.47. The number of carboxylic acid groups (broad SMARTS) is 1. The number of likely N-dealkylation sites (N-methyl/N-ethyl adjacent to an activating group) is 1. The van der Waals surface area contributed by atoms with E-state index in [4.69, 9.17) is 5.11 Å². The maximum Gasteiger partial charge on any atom is 0.335 e. The molecule has 2 fully saturated rings. The number of nitrogens with zero attached hydrogens (tertiary/aromatic N) is 2.